The van der Waals surface area contributed by atoms with Gasteiger partial charge in [-0.05, 0) is 28.1 Å². The molecule has 9 heteroatoms. The Hall–Kier alpha value is -3.04. The number of hydrogen-bond acceptors (Lipinski definition) is 7. The van der Waals surface area contributed by atoms with E-state index in [1.807, 2.05) is 23.1 Å². The maximum atomic E-state index is 12.6. The summed E-state index contributed by atoms with van der Waals surface area (Å²) >= 11 is 0. The van der Waals surface area contributed by atoms with Crippen LogP contribution in [0.2, 0.25) is 0 Å². The molecule has 3 heterocycles. The van der Waals surface area contributed by atoms with Gasteiger partial charge in [-0.25, -0.2) is 4.68 Å². The van der Waals surface area contributed by atoms with Crippen LogP contribution in [0.3, 0.4) is 0 Å². The van der Waals surface area contributed by atoms with Crippen molar-refractivity contribution in [3.63, 3.8) is 0 Å². The molecule has 1 aliphatic rings. The second-order valence-corrected chi connectivity index (χ2v) is 6.87. The number of methoxy groups -OCH3 is 1. The summed E-state index contributed by atoms with van der Waals surface area (Å²) in [6.45, 7) is 3.77. The van der Waals surface area contributed by atoms with E-state index >= 15 is 0 Å². The predicted molar refractivity (Wildman–Crippen MR) is 104 cm³/mol. The molecular formula is C20H24N6O3. The summed E-state index contributed by atoms with van der Waals surface area (Å²) < 4.78 is 12.2. The maximum absolute atomic E-state index is 12.6. The van der Waals surface area contributed by atoms with E-state index in [-0.39, 0.29) is 11.9 Å². The van der Waals surface area contributed by atoms with E-state index in [0.29, 0.717) is 45.1 Å². The van der Waals surface area contributed by atoms with Gasteiger partial charge in [0, 0.05) is 33.3 Å². The highest BCUT2D eigenvalue weighted by atomic mass is 16.5. The van der Waals surface area contributed by atoms with Crippen LogP contribution in [0.25, 0.3) is 0 Å². The summed E-state index contributed by atoms with van der Waals surface area (Å²) in [4.78, 5) is 16.7. The zero-order chi connectivity index (χ0) is 20.1. The van der Waals surface area contributed by atoms with Crippen LogP contribution in [0.5, 0.6) is 0 Å². The molecule has 1 saturated heterocycles. The van der Waals surface area contributed by atoms with Gasteiger partial charge < -0.3 is 14.1 Å². The lowest BCUT2D eigenvalue weighted by Gasteiger charge is -2.38. The molecule has 1 aliphatic heterocycles. The minimum absolute atomic E-state index is 0.0733. The smallest absolute Gasteiger partial charge is 0.289 e. The Labute approximate surface area is 168 Å². The summed E-state index contributed by atoms with van der Waals surface area (Å²) in [6, 6.07) is 13.5. The number of carbonyl (C=O) groups excluding carboxylic acids is 1. The third-order valence-electron chi connectivity index (χ3n) is 5.13. The first kappa shape index (κ1) is 19.3. The van der Waals surface area contributed by atoms with E-state index in [1.54, 1.807) is 23.9 Å². The van der Waals surface area contributed by atoms with Crippen molar-refractivity contribution in [2.24, 2.45) is 0 Å². The van der Waals surface area contributed by atoms with Crippen LogP contribution in [0, 0.1) is 0 Å². The molecule has 0 bridgehead atoms. The Morgan fingerprint density at radius 3 is 2.62 bits per heavy atom. The molecule has 0 N–H and O–H groups in total. The largest absolute Gasteiger partial charge is 0.459 e. The Balaban J connectivity index is 1.54. The average Bonchev–Trinajstić information content (AvgIpc) is 3.46. The second-order valence-electron chi connectivity index (χ2n) is 6.87. The Bertz CT molecular complexity index is 903. The summed E-state index contributed by atoms with van der Waals surface area (Å²) in [6.07, 6.45) is 1.52. The highest BCUT2D eigenvalue weighted by Crippen LogP contribution is 2.28. The minimum Gasteiger partial charge on any atom is -0.459 e. The van der Waals surface area contributed by atoms with Crippen LogP contribution in [-0.2, 0) is 11.3 Å². The van der Waals surface area contributed by atoms with E-state index in [2.05, 4.69) is 32.6 Å². The van der Waals surface area contributed by atoms with Gasteiger partial charge >= 0.3 is 0 Å². The number of carbonyl (C=O) groups is 1. The summed E-state index contributed by atoms with van der Waals surface area (Å²) in [7, 11) is 1.66. The van der Waals surface area contributed by atoms with E-state index in [1.165, 1.54) is 6.26 Å². The number of benzene rings is 1. The molecule has 1 unspecified atom stereocenters. The van der Waals surface area contributed by atoms with E-state index in [0.717, 1.165) is 11.4 Å². The van der Waals surface area contributed by atoms with E-state index in [9.17, 15) is 4.79 Å². The number of furan rings is 1. The first-order chi connectivity index (χ1) is 14.3. The first-order valence-electron chi connectivity index (χ1n) is 9.64. The SMILES string of the molecule is COCCn1nnnc1C(c1ccccc1)N1CCN(C(=O)c2ccco2)CC1. The van der Waals surface area contributed by atoms with Crippen molar-refractivity contribution in [1.29, 1.82) is 0 Å². The first-order valence-corrected chi connectivity index (χ1v) is 9.64. The molecule has 1 amide bonds. The molecule has 0 aliphatic carbocycles. The quantitative estimate of drug-likeness (QED) is 0.597. The van der Waals surface area contributed by atoms with Gasteiger partial charge in [0.25, 0.3) is 5.91 Å². The van der Waals surface area contributed by atoms with Gasteiger partial charge in [-0.15, -0.1) is 5.10 Å². The lowest BCUT2D eigenvalue weighted by atomic mass is 10.0. The van der Waals surface area contributed by atoms with Crippen LogP contribution >= 0.6 is 0 Å². The molecule has 29 heavy (non-hydrogen) atoms. The Morgan fingerprint density at radius 1 is 1.14 bits per heavy atom. The molecule has 0 radical (unpaired) electrons. The van der Waals surface area contributed by atoms with Crippen LogP contribution in [0.15, 0.2) is 53.1 Å². The van der Waals surface area contributed by atoms with Crippen molar-refractivity contribution in [2.75, 3.05) is 39.9 Å². The lowest BCUT2D eigenvalue weighted by molar-refractivity contribution is 0.0558. The number of tetrazole rings is 1. The predicted octanol–water partition coefficient (Wildman–Crippen LogP) is 1.46. The van der Waals surface area contributed by atoms with Crippen molar-refractivity contribution in [3.05, 3.63) is 65.9 Å². The lowest BCUT2D eigenvalue weighted by Crippen LogP contribution is -2.50. The third kappa shape index (κ3) is 4.20. The van der Waals surface area contributed by atoms with Gasteiger partial charge in [-0.1, -0.05) is 30.3 Å². The van der Waals surface area contributed by atoms with Crippen LogP contribution in [0.1, 0.15) is 28.0 Å². The maximum Gasteiger partial charge on any atom is 0.289 e. The van der Waals surface area contributed by atoms with Gasteiger partial charge in [0.05, 0.1) is 25.5 Å². The van der Waals surface area contributed by atoms with Crippen LogP contribution in [-0.4, -0.2) is 75.8 Å². The monoisotopic (exact) mass is 396 g/mol. The number of aromatic nitrogens is 4. The molecule has 4 rings (SSSR count). The van der Waals surface area contributed by atoms with E-state index < -0.39 is 0 Å². The van der Waals surface area contributed by atoms with Crippen molar-refractivity contribution >= 4 is 5.91 Å². The molecular weight excluding hydrogens is 372 g/mol. The molecule has 0 saturated carbocycles. The van der Waals surface area contributed by atoms with Gasteiger partial charge in [-0.3, -0.25) is 9.69 Å². The zero-order valence-corrected chi connectivity index (χ0v) is 16.3. The van der Waals surface area contributed by atoms with E-state index in [4.69, 9.17) is 9.15 Å². The minimum atomic E-state index is -0.0936. The fourth-order valence-corrected chi connectivity index (χ4v) is 3.64. The van der Waals surface area contributed by atoms with Gasteiger partial charge in [0.1, 0.15) is 0 Å². The molecule has 3 aromatic rings. The summed E-state index contributed by atoms with van der Waals surface area (Å²) in [5.41, 5.74) is 1.12. The van der Waals surface area contributed by atoms with Crippen molar-refractivity contribution in [3.8, 4) is 0 Å². The van der Waals surface area contributed by atoms with Crippen molar-refractivity contribution in [2.45, 2.75) is 12.6 Å². The Kier molecular flexibility index (Phi) is 5.97. The average molecular weight is 396 g/mol. The number of ether oxygens (including phenoxy) is 1. The highest BCUT2D eigenvalue weighted by molar-refractivity contribution is 5.91. The molecule has 1 fully saturated rings. The molecule has 2 aromatic heterocycles. The molecule has 9 nitrogen and oxygen atoms in total. The third-order valence-corrected chi connectivity index (χ3v) is 5.13. The summed E-state index contributed by atoms with van der Waals surface area (Å²) in [5.74, 6) is 1.08. The number of rotatable bonds is 7. The second kappa shape index (κ2) is 8.97. The van der Waals surface area contributed by atoms with Gasteiger partial charge in [0.2, 0.25) is 0 Å². The number of piperazine rings is 1. The fourth-order valence-electron chi connectivity index (χ4n) is 3.64. The van der Waals surface area contributed by atoms with Crippen LogP contribution < -0.4 is 0 Å². The molecule has 1 atom stereocenters. The summed E-state index contributed by atoms with van der Waals surface area (Å²) in [5, 5.41) is 12.4. The highest BCUT2D eigenvalue weighted by Gasteiger charge is 2.32. The van der Waals surface area contributed by atoms with Gasteiger partial charge in [0.15, 0.2) is 11.6 Å². The molecule has 152 valence electrons. The zero-order valence-electron chi connectivity index (χ0n) is 16.3. The topological polar surface area (TPSA) is 89.5 Å². The standard InChI is InChI=1S/C20H24N6O3/c1-28-15-13-26-19(21-22-23-26)18(16-6-3-2-4-7-16)24-9-11-25(12-10-24)20(27)17-8-5-14-29-17/h2-8,14,18H,9-13,15H2,1H3. The normalized spacial score (nSPS) is 16.1. The molecule has 1 aromatic carbocycles. The molecule has 0 spiro atoms. The number of amides is 1. The van der Waals surface area contributed by atoms with Gasteiger partial charge in [-0.2, -0.15) is 0 Å². The van der Waals surface area contributed by atoms with Crippen LogP contribution in [0.4, 0.5) is 0 Å². The number of hydrogen-bond donors (Lipinski definition) is 0. The number of nitrogens with zero attached hydrogens (tertiary/aromatic N) is 6. The fraction of sp³-hybridized carbons (Fsp3) is 0.400. The Morgan fingerprint density at radius 2 is 1.93 bits per heavy atom. The van der Waals surface area contributed by atoms with Crippen molar-refractivity contribution < 1.29 is 13.9 Å². The van der Waals surface area contributed by atoms with Crippen molar-refractivity contribution in [1.82, 2.24) is 30.0 Å².